The molecule has 2 aliphatic rings. The first-order valence-corrected chi connectivity index (χ1v) is 8.67. The maximum atomic E-state index is 5.82. The lowest BCUT2D eigenvalue weighted by atomic mass is 10.0. The largest absolute Gasteiger partial charge is 0.462 e. The molecule has 1 atom stereocenters. The summed E-state index contributed by atoms with van der Waals surface area (Å²) < 4.78 is 13.4. The van der Waals surface area contributed by atoms with Gasteiger partial charge in [0, 0.05) is 31.9 Å². The van der Waals surface area contributed by atoms with Gasteiger partial charge in [-0.05, 0) is 44.2 Å². The van der Waals surface area contributed by atoms with Gasteiger partial charge in [-0.1, -0.05) is 0 Å². The Morgan fingerprint density at radius 1 is 1.26 bits per heavy atom. The Morgan fingerprint density at radius 3 is 3.04 bits per heavy atom. The summed E-state index contributed by atoms with van der Waals surface area (Å²) in [6.45, 7) is 3.64. The molecule has 5 nitrogen and oxygen atoms in total. The summed E-state index contributed by atoms with van der Waals surface area (Å²) in [5.41, 5.74) is 2.83. The van der Waals surface area contributed by atoms with Crippen molar-refractivity contribution in [3.8, 4) is 0 Å². The molecule has 4 rings (SSSR count). The lowest BCUT2D eigenvalue weighted by Crippen LogP contribution is -2.21. The molecule has 1 aliphatic heterocycles. The van der Waals surface area contributed by atoms with Crippen molar-refractivity contribution in [1.29, 1.82) is 0 Å². The van der Waals surface area contributed by atoms with E-state index in [9.17, 15) is 0 Å². The van der Waals surface area contributed by atoms with Crippen molar-refractivity contribution in [3.05, 3.63) is 41.4 Å². The maximum absolute atomic E-state index is 5.82. The molecule has 0 unspecified atom stereocenters. The fourth-order valence-electron chi connectivity index (χ4n) is 3.94. The van der Waals surface area contributed by atoms with E-state index in [1.54, 1.807) is 7.11 Å². The van der Waals surface area contributed by atoms with E-state index in [1.165, 1.54) is 37.1 Å². The van der Waals surface area contributed by atoms with Crippen molar-refractivity contribution in [2.45, 2.75) is 51.3 Å². The SMILES string of the molecule is COCc1ccc(CN2CC[C@H](n3cnc4c3CCCC4)C2)o1. The Labute approximate surface area is 137 Å². The van der Waals surface area contributed by atoms with E-state index < -0.39 is 0 Å². The molecule has 3 heterocycles. The Hall–Kier alpha value is -1.59. The first-order chi connectivity index (χ1) is 11.3. The molecule has 0 radical (unpaired) electrons. The molecular formula is C18H25N3O2. The van der Waals surface area contributed by atoms with Crippen LogP contribution in [0.2, 0.25) is 0 Å². The molecule has 0 amide bonds. The summed E-state index contributed by atoms with van der Waals surface area (Å²) in [5, 5.41) is 0. The standard InChI is InChI=1S/C18H25N3O2/c1-22-12-16-7-6-15(23-16)11-20-9-8-14(10-20)21-13-19-17-4-2-3-5-18(17)21/h6-7,13-14H,2-5,8-12H2,1H3/t14-/m0/s1. The van der Waals surface area contributed by atoms with Gasteiger partial charge in [0.25, 0.3) is 0 Å². The molecule has 0 bridgehead atoms. The fraction of sp³-hybridized carbons (Fsp3) is 0.611. The third-order valence-electron chi connectivity index (χ3n) is 5.08. The van der Waals surface area contributed by atoms with E-state index in [2.05, 4.69) is 26.8 Å². The predicted octanol–water partition coefficient (Wildman–Crippen LogP) is 2.95. The minimum Gasteiger partial charge on any atom is -0.462 e. The second kappa shape index (κ2) is 6.49. The average molecular weight is 315 g/mol. The van der Waals surface area contributed by atoms with Gasteiger partial charge in [0.2, 0.25) is 0 Å². The van der Waals surface area contributed by atoms with Crippen molar-refractivity contribution in [2.24, 2.45) is 0 Å². The van der Waals surface area contributed by atoms with E-state index in [1.807, 2.05) is 6.07 Å². The summed E-state index contributed by atoms with van der Waals surface area (Å²) in [6.07, 6.45) is 8.24. The number of hydrogen-bond donors (Lipinski definition) is 0. The first kappa shape index (κ1) is 15.0. The van der Waals surface area contributed by atoms with Gasteiger partial charge in [-0.15, -0.1) is 0 Å². The highest BCUT2D eigenvalue weighted by Crippen LogP contribution is 2.29. The molecule has 2 aromatic rings. The van der Waals surface area contributed by atoms with Gasteiger partial charge in [0.1, 0.15) is 18.1 Å². The zero-order chi connectivity index (χ0) is 15.6. The van der Waals surface area contributed by atoms with Crippen LogP contribution in [-0.2, 0) is 30.7 Å². The van der Waals surface area contributed by atoms with Crippen molar-refractivity contribution in [2.75, 3.05) is 20.2 Å². The number of aryl methyl sites for hydroxylation is 1. The molecule has 5 heteroatoms. The number of imidazole rings is 1. The van der Waals surface area contributed by atoms with Crippen LogP contribution in [0.4, 0.5) is 0 Å². The minimum absolute atomic E-state index is 0.545. The topological polar surface area (TPSA) is 43.4 Å². The molecule has 23 heavy (non-hydrogen) atoms. The Kier molecular flexibility index (Phi) is 4.23. The van der Waals surface area contributed by atoms with Crippen LogP contribution in [0.15, 0.2) is 22.9 Å². The van der Waals surface area contributed by atoms with E-state index in [4.69, 9.17) is 9.15 Å². The van der Waals surface area contributed by atoms with Gasteiger partial charge in [0.05, 0.1) is 18.6 Å². The summed E-state index contributed by atoms with van der Waals surface area (Å²) in [5.74, 6) is 1.94. The molecule has 1 fully saturated rings. The zero-order valence-electron chi connectivity index (χ0n) is 13.8. The third kappa shape index (κ3) is 3.08. The fourth-order valence-corrected chi connectivity index (χ4v) is 3.94. The maximum Gasteiger partial charge on any atom is 0.129 e. The number of aromatic nitrogens is 2. The van der Waals surface area contributed by atoms with Crippen molar-refractivity contribution < 1.29 is 9.15 Å². The number of rotatable bonds is 5. The number of hydrogen-bond acceptors (Lipinski definition) is 4. The van der Waals surface area contributed by atoms with Crippen LogP contribution >= 0.6 is 0 Å². The second-order valence-electron chi connectivity index (χ2n) is 6.73. The Balaban J connectivity index is 1.40. The molecule has 124 valence electrons. The minimum atomic E-state index is 0.545. The molecule has 1 saturated heterocycles. The van der Waals surface area contributed by atoms with Gasteiger partial charge in [-0.25, -0.2) is 4.98 Å². The summed E-state index contributed by atoms with van der Waals surface area (Å²) >= 11 is 0. The molecule has 0 N–H and O–H groups in total. The van der Waals surface area contributed by atoms with Crippen molar-refractivity contribution >= 4 is 0 Å². The van der Waals surface area contributed by atoms with Crippen LogP contribution in [0.3, 0.4) is 0 Å². The first-order valence-electron chi connectivity index (χ1n) is 8.67. The van der Waals surface area contributed by atoms with Crippen LogP contribution in [-0.4, -0.2) is 34.7 Å². The number of ether oxygens (including phenoxy) is 1. The number of methoxy groups -OCH3 is 1. The summed E-state index contributed by atoms with van der Waals surface area (Å²) in [6, 6.07) is 4.65. The van der Waals surface area contributed by atoms with Gasteiger partial charge < -0.3 is 13.7 Å². The number of likely N-dealkylation sites (tertiary alicyclic amines) is 1. The predicted molar refractivity (Wildman–Crippen MR) is 87.2 cm³/mol. The smallest absolute Gasteiger partial charge is 0.129 e. The van der Waals surface area contributed by atoms with E-state index in [-0.39, 0.29) is 0 Å². The van der Waals surface area contributed by atoms with E-state index in [0.717, 1.165) is 37.6 Å². The highest BCUT2D eigenvalue weighted by Gasteiger charge is 2.27. The highest BCUT2D eigenvalue weighted by atomic mass is 16.5. The van der Waals surface area contributed by atoms with Crippen molar-refractivity contribution in [1.82, 2.24) is 14.5 Å². The van der Waals surface area contributed by atoms with Crippen molar-refractivity contribution in [3.63, 3.8) is 0 Å². The van der Waals surface area contributed by atoms with Gasteiger partial charge >= 0.3 is 0 Å². The van der Waals surface area contributed by atoms with Gasteiger partial charge in [-0.2, -0.15) is 0 Å². The summed E-state index contributed by atoms with van der Waals surface area (Å²) in [7, 11) is 1.69. The summed E-state index contributed by atoms with van der Waals surface area (Å²) in [4.78, 5) is 7.13. The van der Waals surface area contributed by atoms with Crippen LogP contribution in [0, 0.1) is 0 Å². The quantitative estimate of drug-likeness (QED) is 0.851. The normalized spacial score (nSPS) is 21.7. The van der Waals surface area contributed by atoms with E-state index >= 15 is 0 Å². The molecule has 0 aromatic carbocycles. The molecular weight excluding hydrogens is 290 g/mol. The second-order valence-corrected chi connectivity index (χ2v) is 6.73. The Morgan fingerprint density at radius 2 is 2.13 bits per heavy atom. The molecule has 1 aliphatic carbocycles. The zero-order valence-corrected chi connectivity index (χ0v) is 13.8. The third-order valence-corrected chi connectivity index (χ3v) is 5.08. The molecule has 0 saturated carbocycles. The lowest BCUT2D eigenvalue weighted by Gasteiger charge is -2.19. The van der Waals surface area contributed by atoms with Gasteiger partial charge in [-0.3, -0.25) is 4.90 Å². The number of furan rings is 1. The Bertz CT molecular complexity index is 661. The molecule has 0 spiro atoms. The molecule has 2 aromatic heterocycles. The average Bonchev–Trinajstić information content (AvgIpc) is 3.27. The van der Waals surface area contributed by atoms with Gasteiger partial charge in [0.15, 0.2) is 0 Å². The number of fused-ring (bicyclic) bond motifs is 1. The monoisotopic (exact) mass is 315 g/mol. The van der Waals surface area contributed by atoms with Crippen LogP contribution in [0.25, 0.3) is 0 Å². The van der Waals surface area contributed by atoms with Crippen LogP contribution < -0.4 is 0 Å². The lowest BCUT2D eigenvalue weighted by molar-refractivity contribution is 0.160. The van der Waals surface area contributed by atoms with E-state index in [0.29, 0.717) is 12.6 Å². The highest BCUT2D eigenvalue weighted by molar-refractivity contribution is 5.17. The van der Waals surface area contributed by atoms with Crippen LogP contribution in [0.5, 0.6) is 0 Å². The number of nitrogens with zero attached hydrogens (tertiary/aromatic N) is 3. The van der Waals surface area contributed by atoms with Crippen LogP contribution in [0.1, 0.15) is 48.2 Å².